The Kier molecular flexibility index (Phi) is 5.85. The number of carbonyl (C=O) groups is 1. The van der Waals surface area contributed by atoms with Crippen LogP contribution in [-0.2, 0) is 11.4 Å². The van der Waals surface area contributed by atoms with Gasteiger partial charge in [0.2, 0.25) is 0 Å². The van der Waals surface area contributed by atoms with E-state index in [0.717, 1.165) is 22.4 Å². The van der Waals surface area contributed by atoms with E-state index in [1.54, 1.807) is 17.0 Å². The molecule has 30 heavy (non-hydrogen) atoms. The van der Waals surface area contributed by atoms with Crippen molar-refractivity contribution in [3.8, 4) is 5.75 Å². The van der Waals surface area contributed by atoms with Crippen LogP contribution in [0.2, 0.25) is 10.0 Å². The van der Waals surface area contributed by atoms with E-state index in [1.165, 1.54) is 5.56 Å². The Bertz CT molecular complexity index is 1110. The minimum Gasteiger partial charge on any atom is -0.486 e. The van der Waals surface area contributed by atoms with Gasteiger partial charge in [-0.15, -0.1) is 0 Å². The monoisotopic (exact) mass is 437 g/mol. The lowest BCUT2D eigenvalue weighted by molar-refractivity contribution is -0.112. The van der Waals surface area contributed by atoms with Crippen LogP contribution in [0.3, 0.4) is 0 Å². The van der Waals surface area contributed by atoms with Crippen LogP contribution in [0.1, 0.15) is 29.2 Å². The van der Waals surface area contributed by atoms with Crippen molar-refractivity contribution in [3.63, 3.8) is 0 Å². The van der Waals surface area contributed by atoms with Crippen LogP contribution in [0.15, 0.2) is 60.7 Å². The summed E-state index contributed by atoms with van der Waals surface area (Å²) in [4.78, 5) is 14.7. The Morgan fingerprint density at radius 1 is 1.00 bits per heavy atom. The fourth-order valence-electron chi connectivity index (χ4n) is 3.57. The van der Waals surface area contributed by atoms with Gasteiger partial charge in [-0.1, -0.05) is 71.2 Å². The van der Waals surface area contributed by atoms with Gasteiger partial charge in [-0.25, -0.2) is 0 Å². The lowest BCUT2D eigenvalue weighted by Crippen LogP contribution is -2.25. The number of likely N-dealkylation sites (N-methyl/N-ethyl adjacent to an activating group) is 1. The molecule has 0 saturated carbocycles. The van der Waals surface area contributed by atoms with Crippen molar-refractivity contribution in [2.45, 2.75) is 20.5 Å². The van der Waals surface area contributed by atoms with Crippen molar-refractivity contribution in [2.75, 3.05) is 11.4 Å². The van der Waals surface area contributed by atoms with Gasteiger partial charge in [0.15, 0.2) is 5.75 Å². The second kappa shape index (κ2) is 8.55. The van der Waals surface area contributed by atoms with Gasteiger partial charge >= 0.3 is 0 Å². The standard InChI is InChI=1S/C25H21Cl2NO2/c1-3-28-23-7-5-4-6-19(23)20(25(28)29)12-18-13-21(26)24(22(27)14-18)30-15-17-10-8-16(2)9-11-17/h4-14H,3,15H2,1-2H3/b20-12-. The molecule has 1 heterocycles. The molecule has 0 aliphatic carbocycles. The Hall–Kier alpha value is -2.75. The van der Waals surface area contributed by atoms with Crippen LogP contribution in [-0.4, -0.2) is 12.5 Å². The predicted molar refractivity (Wildman–Crippen MR) is 124 cm³/mol. The maximum Gasteiger partial charge on any atom is 0.258 e. The van der Waals surface area contributed by atoms with Crippen molar-refractivity contribution in [1.29, 1.82) is 0 Å². The third kappa shape index (κ3) is 3.96. The van der Waals surface area contributed by atoms with E-state index in [-0.39, 0.29) is 5.91 Å². The van der Waals surface area contributed by atoms with Crippen LogP contribution in [0.25, 0.3) is 11.6 Å². The molecule has 0 radical (unpaired) electrons. The summed E-state index contributed by atoms with van der Waals surface area (Å²) in [5.41, 5.74) is 5.45. The zero-order chi connectivity index (χ0) is 21.3. The normalized spacial score (nSPS) is 14.3. The Balaban J connectivity index is 1.62. The highest BCUT2D eigenvalue weighted by atomic mass is 35.5. The van der Waals surface area contributed by atoms with Crippen molar-refractivity contribution in [1.82, 2.24) is 0 Å². The molecule has 1 aliphatic rings. The number of halogens is 2. The molecule has 0 spiro atoms. The van der Waals surface area contributed by atoms with Gasteiger partial charge in [0.05, 0.1) is 15.7 Å². The summed E-state index contributed by atoms with van der Waals surface area (Å²) in [6, 6.07) is 19.4. The van der Waals surface area contributed by atoms with E-state index in [4.69, 9.17) is 27.9 Å². The van der Waals surface area contributed by atoms with Crippen LogP contribution in [0.5, 0.6) is 5.75 Å². The maximum absolute atomic E-state index is 12.9. The van der Waals surface area contributed by atoms with E-state index >= 15 is 0 Å². The van der Waals surface area contributed by atoms with Crippen molar-refractivity contribution < 1.29 is 9.53 Å². The summed E-state index contributed by atoms with van der Waals surface area (Å²) in [6.07, 6.45) is 1.83. The number of benzene rings is 3. The molecule has 152 valence electrons. The molecule has 3 aromatic carbocycles. The zero-order valence-electron chi connectivity index (χ0n) is 16.8. The average Bonchev–Trinajstić information content (AvgIpc) is 3.00. The molecule has 0 fully saturated rings. The van der Waals surface area contributed by atoms with Gasteiger partial charge in [0, 0.05) is 17.7 Å². The first kappa shape index (κ1) is 20.5. The van der Waals surface area contributed by atoms with Gasteiger partial charge in [-0.2, -0.15) is 0 Å². The summed E-state index contributed by atoms with van der Waals surface area (Å²) >= 11 is 12.9. The largest absolute Gasteiger partial charge is 0.486 e. The molecular weight excluding hydrogens is 417 g/mol. The van der Waals surface area contributed by atoms with Gasteiger partial charge in [-0.05, 0) is 49.2 Å². The lowest BCUT2D eigenvalue weighted by atomic mass is 10.0. The van der Waals surface area contributed by atoms with E-state index in [0.29, 0.717) is 34.5 Å². The third-order valence-electron chi connectivity index (χ3n) is 5.11. The van der Waals surface area contributed by atoms with Crippen molar-refractivity contribution >= 4 is 46.4 Å². The second-order valence-electron chi connectivity index (χ2n) is 7.21. The summed E-state index contributed by atoms with van der Waals surface area (Å²) in [5, 5.41) is 0.820. The minimum absolute atomic E-state index is 0.0226. The van der Waals surface area contributed by atoms with Crippen LogP contribution >= 0.6 is 23.2 Å². The first-order chi connectivity index (χ1) is 14.5. The molecule has 0 atom stereocenters. The minimum atomic E-state index is -0.0226. The zero-order valence-corrected chi connectivity index (χ0v) is 18.3. The molecule has 3 aromatic rings. The lowest BCUT2D eigenvalue weighted by Gasteiger charge is -2.13. The number of aryl methyl sites for hydroxylation is 1. The number of para-hydroxylation sites is 1. The molecule has 1 aliphatic heterocycles. The van der Waals surface area contributed by atoms with Crippen molar-refractivity contribution in [3.05, 3.63) is 93.0 Å². The van der Waals surface area contributed by atoms with E-state index in [2.05, 4.69) is 0 Å². The highest BCUT2D eigenvalue weighted by Gasteiger charge is 2.30. The van der Waals surface area contributed by atoms with Crippen LogP contribution < -0.4 is 9.64 Å². The predicted octanol–water partition coefficient (Wildman–Crippen LogP) is 6.79. The molecule has 0 aromatic heterocycles. The summed E-state index contributed by atoms with van der Waals surface area (Å²) in [5.74, 6) is 0.417. The highest BCUT2D eigenvalue weighted by Crippen LogP contribution is 2.40. The molecule has 5 heteroatoms. The molecule has 3 nitrogen and oxygen atoms in total. The van der Waals surface area contributed by atoms with E-state index in [1.807, 2.05) is 68.5 Å². The molecule has 0 unspecified atom stereocenters. The molecule has 0 saturated heterocycles. The van der Waals surface area contributed by atoms with Gasteiger partial charge < -0.3 is 9.64 Å². The number of hydrogen-bond donors (Lipinski definition) is 0. The first-order valence-corrected chi connectivity index (χ1v) is 10.5. The Morgan fingerprint density at radius 2 is 1.67 bits per heavy atom. The molecule has 4 rings (SSSR count). The summed E-state index contributed by atoms with van der Waals surface area (Å²) < 4.78 is 5.87. The number of ether oxygens (including phenoxy) is 1. The summed E-state index contributed by atoms with van der Waals surface area (Å²) in [6.45, 7) is 4.99. The second-order valence-corrected chi connectivity index (χ2v) is 8.03. The number of nitrogens with zero attached hydrogens (tertiary/aromatic N) is 1. The smallest absolute Gasteiger partial charge is 0.258 e. The quantitative estimate of drug-likeness (QED) is 0.411. The summed E-state index contributed by atoms with van der Waals surface area (Å²) in [7, 11) is 0. The van der Waals surface area contributed by atoms with Crippen LogP contribution in [0.4, 0.5) is 5.69 Å². The number of fused-ring (bicyclic) bond motifs is 1. The Labute approximate surface area is 186 Å². The van der Waals surface area contributed by atoms with Crippen LogP contribution in [0, 0.1) is 6.92 Å². The fourth-order valence-corrected chi connectivity index (χ4v) is 4.18. The maximum atomic E-state index is 12.9. The highest BCUT2D eigenvalue weighted by molar-refractivity contribution is 6.38. The van der Waals surface area contributed by atoms with Gasteiger partial charge in [-0.3, -0.25) is 4.79 Å². The number of carbonyl (C=O) groups excluding carboxylic acids is 1. The molecular formula is C25H21Cl2NO2. The fraction of sp³-hybridized carbons (Fsp3) is 0.160. The van der Waals surface area contributed by atoms with Gasteiger partial charge in [0.25, 0.3) is 5.91 Å². The SMILES string of the molecule is CCN1C(=O)/C(=C\c2cc(Cl)c(OCc3ccc(C)cc3)c(Cl)c2)c2ccccc21. The topological polar surface area (TPSA) is 29.5 Å². The van der Waals surface area contributed by atoms with E-state index < -0.39 is 0 Å². The Morgan fingerprint density at radius 3 is 2.33 bits per heavy atom. The van der Waals surface area contributed by atoms with E-state index in [9.17, 15) is 4.79 Å². The average molecular weight is 438 g/mol. The number of anilines is 1. The number of amides is 1. The first-order valence-electron chi connectivity index (χ1n) is 9.78. The molecule has 0 bridgehead atoms. The number of rotatable bonds is 5. The number of hydrogen-bond acceptors (Lipinski definition) is 2. The van der Waals surface area contributed by atoms with Gasteiger partial charge in [0.1, 0.15) is 6.61 Å². The van der Waals surface area contributed by atoms with Crippen molar-refractivity contribution in [2.24, 2.45) is 0 Å². The molecule has 0 N–H and O–H groups in total. The third-order valence-corrected chi connectivity index (χ3v) is 5.67. The molecule has 1 amide bonds.